The first-order valence-corrected chi connectivity index (χ1v) is 3.67. The molecule has 0 radical (unpaired) electrons. The van der Waals surface area contributed by atoms with Gasteiger partial charge in [0.15, 0.2) is 6.23 Å². The molecule has 1 atom stereocenters. The van der Waals surface area contributed by atoms with Crippen LogP contribution >= 0.6 is 0 Å². The lowest BCUT2D eigenvalue weighted by Gasteiger charge is -2.10. The van der Waals surface area contributed by atoms with Crippen LogP contribution in [0.3, 0.4) is 0 Å². The molecule has 72 valence electrons. The molecule has 3 N–H and O–H groups in total. The second kappa shape index (κ2) is 3.55. The minimum Gasteiger partial charge on any atom is -0.392 e. The second-order valence-corrected chi connectivity index (χ2v) is 2.64. The predicted molar refractivity (Wildman–Crippen MR) is 44.4 cm³/mol. The zero-order chi connectivity index (χ0) is 10.0. The van der Waals surface area contributed by atoms with Crippen LogP contribution in [0.25, 0.3) is 0 Å². The molecule has 0 saturated carbocycles. The maximum atomic E-state index is 11.0. The largest absolute Gasteiger partial charge is 0.392 e. The molecule has 1 aromatic rings. The van der Waals surface area contributed by atoms with E-state index in [1.54, 1.807) is 0 Å². The Morgan fingerprint density at radius 3 is 2.77 bits per heavy atom. The van der Waals surface area contributed by atoms with Gasteiger partial charge in [0.25, 0.3) is 5.56 Å². The lowest BCUT2D eigenvalue weighted by molar-refractivity contribution is 0.0350. The van der Waals surface area contributed by atoms with E-state index in [-0.39, 0.29) is 0 Å². The highest BCUT2D eigenvalue weighted by Gasteiger charge is 2.07. The lowest BCUT2D eigenvalue weighted by Crippen LogP contribution is -2.34. The van der Waals surface area contributed by atoms with Gasteiger partial charge in [0.05, 0.1) is 6.61 Å². The summed E-state index contributed by atoms with van der Waals surface area (Å²) in [6.07, 6.45) is -0.120. The fraction of sp³-hybridized carbons (Fsp3) is 0.429. The van der Waals surface area contributed by atoms with Crippen molar-refractivity contribution in [3.05, 3.63) is 32.6 Å². The van der Waals surface area contributed by atoms with E-state index in [0.29, 0.717) is 5.56 Å². The van der Waals surface area contributed by atoms with Crippen molar-refractivity contribution in [1.82, 2.24) is 9.55 Å². The average molecular weight is 186 g/mol. The smallest absolute Gasteiger partial charge is 0.330 e. The topological polar surface area (TPSA) is 95.3 Å². The maximum absolute atomic E-state index is 11.0. The Labute approximate surface area is 73.1 Å². The number of aromatic amines is 1. The summed E-state index contributed by atoms with van der Waals surface area (Å²) < 4.78 is 0.858. The van der Waals surface area contributed by atoms with Gasteiger partial charge in [0.2, 0.25) is 0 Å². The number of aliphatic hydroxyl groups excluding tert-OH is 2. The fourth-order valence-electron chi connectivity index (χ4n) is 0.895. The van der Waals surface area contributed by atoms with Gasteiger partial charge in [-0.25, -0.2) is 4.79 Å². The van der Waals surface area contributed by atoms with Gasteiger partial charge in [-0.2, -0.15) is 0 Å². The monoisotopic (exact) mass is 186 g/mol. The molecule has 0 aliphatic rings. The third kappa shape index (κ3) is 1.85. The first-order valence-electron chi connectivity index (χ1n) is 3.67. The van der Waals surface area contributed by atoms with Crippen molar-refractivity contribution < 1.29 is 10.2 Å². The van der Waals surface area contributed by atoms with Gasteiger partial charge in [-0.3, -0.25) is 14.3 Å². The molecular formula is C7H10N2O4. The Hall–Kier alpha value is -1.40. The normalized spacial score (nSPS) is 12.8. The highest BCUT2D eigenvalue weighted by atomic mass is 16.3. The van der Waals surface area contributed by atoms with E-state index in [0.717, 1.165) is 4.57 Å². The summed E-state index contributed by atoms with van der Waals surface area (Å²) in [7, 11) is 0. The van der Waals surface area contributed by atoms with E-state index in [4.69, 9.17) is 10.2 Å². The number of hydrogen-bond acceptors (Lipinski definition) is 4. The molecular weight excluding hydrogens is 176 g/mol. The number of aryl methyl sites for hydroxylation is 1. The third-order valence-electron chi connectivity index (χ3n) is 1.63. The van der Waals surface area contributed by atoms with Gasteiger partial charge in [-0.15, -0.1) is 0 Å². The number of nitrogens with one attached hydrogen (secondary N) is 1. The van der Waals surface area contributed by atoms with Gasteiger partial charge in [-0.1, -0.05) is 0 Å². The zero-order valence-corrected chi connectivity index (χ0v) is 7.02. The van der Waals surface area contributed by atoms with Crippen LogP contribution in [0.1, 0.15) is 11.8 Å². The van der Waals surface area contributed by atoms with Crippen LogP contribution in [0, 0.1) is 6.92 Å². The van der Waals surface area contributed by atoms with Crippen molar-refractivity contribution in [2.45, 2.75) is 13.2 Å². The van der Waals surface area contributed by atoms with Crippen molar-refractivity contribution >= 4 is 0 Å². The summed E-state index contributed by atoms with van der Waals surface area (Å²) in [5.74, 6) is 0. The summed E-state index contributed by atoms with van der Waals surface area (Å²) in [4.78, 5) is 23.9. The Morgan fingerprint density at radius 1 is 1.62 bits per heavy atom. The Morgan fingerprint density at radius 2 is 2.23 bits per heavy atom. The van der Waals surface area contributed by atoms with Gasteiger partial charge < -0.3 is 10.2 Å². The van der Waals surface area contributed by atoms with Crippen molar-refractivity contribution in [2.75, 3.05) is 6.61 Å². The van der Waals surface area contributed by atoms with Gasteiger partial charge in [0, 0.05) is 11.8 Å². The molecule has 0 aromatic carbocycles. The Bertz CT molecular complexity index is 406. The SMILES string of the molecule is Cc1cn(C(O)CO)c(=O)[nH]c1=O. The number of aromatic nitrogens is 2. The number of hydrogen-bond donors (Lipinski definition) is 3. The van der Waals surface area contributed by atoms with E-state index in [9.17, 15) is 9.59 Å². The summed E-state index contributed by atoms with van der Waals surface area (Å²) in [5.41, 5.74) is -0.935. The zero-order valence-electron chi connectivity index (χ0n) is 7.02. The van der Waals surface area contributed by atoms with Crippen LogP contribution in [-0.4, -0.2) is 26.4 Å². The first kappa shape index (κ1) is 9.69. The summed E-state index contributed by atoms with van der Waals surface area (Å²) in [6.45, 7) is 0.921. The number of H-pyrrole nitrogens is 1. The highest BCUT2D eigenvalue weighted by molar-refractivity contribution is 5.01. The molecule has 1 rings (SSSR count). The highest BCUT2D eigenvalue weighted by Crippen LogP contribution is 1.95. The van der Waals surface area contributed by atoms with Crippen LogP contribution in [0.15, 0.2) is 15.8 Å². The molecule has 13 heavy (non-hydrogen) atoms. The number of aliphatic hydroxyl groups is 2. The molecule has 6 nitrogen and oxygen atoms in total. The molecule has 6 heteroatoms. The van der Waals surface area contributed by atoms with Crippen LogP contribution in [0.2, 0.25) is 0 Å². The molecule has 0 aliphatic heterocycles. The van der Waals surface area contributed by atoms with Crippen molar-refractivity contribution in [2.24, 2.45) is 0 Å². The van der Waals surface area contributed by atoms with Gasteiger partial charge in [0.1, 0.15) is 0 Å². The number of rotatable bonds is 2. The van der Waals surface area contributed by atoms with Crippen LogP contribution < -0.4 is 11.2 Å². The molecule has 0 spiro atoms. The van der Waals surface area contributed by atoms with Crippen molar-refractivity contribution in [3.8, 4) is 0 Å². The molecule has 1 heterocycles. The molecule has 0 aliphatic carbocycles. The quantitative estimate of drug-likeness (QED) is 0.514. The minimum absolute atomic E-state index is 0.298. The van der Waals surface area contributed by atoms with E-state index in [2.05, 4.69) is 0 Å². The standard InChI is InChI=1S/C7H10N2O4/c1-4-2-9(5(11)3-10)7(13)8-6(4)12/h2,5,10-11H,3H2,1H3,(H,8,12,13). The third-order valence-corrected chi connectivity index (χ3v) is 1.63. The molecule has 0 bridgehead atoms. The maximum Gasteiger partial charge on any atom is 0.330 e. The minimum atomic E-state index is -1.32. The van der Waals surface area contributed by atoms with Crippen LogP contribution in [-0.2, 0) is 0 Å². The second-order valence-electron chi connectivity index (χ2n) is 2.64. The summed E-state index contributed by atoms with van der Waals surface area (Å²) in [5, 5.41) is 17.7. The van der Waals surface area contributed by atoms with Crippen LogP contribution in [0.4, 0.5) is 0 Å². The van der Waals surface area contributed by atoms with E-state index >= 15 is 0 Å². The fourth-order valence-corrected chi connectivity index (χ4v) is 0.895. The van der Waals surface area contributed by atoms with E-state index in [1.807, 2.05) is 4.98 Å². The van der Waals surface area contributed by atoms with E-state index in [1.165, 1.54) is 13.1 Å². The Balaban J connectivity index is 3.32. The summed E-state index contributed by atoms with van der Waals surface area (Å²) >= 11 is 0. The first-order chi connectivity index (χ1) is 6.06. The van der Waals surface area contributed by atoms with Gasteiger partial charge in [-0.05, 0) is 6.92 Å². The predicted octanol–water partition coefficient (Wildman–Crippen LogP) is -1.67. The van der Waals surface area contributed by atoms with Crippen molar-refractivity contribution in [3.63, 3.8) is 0 Å². The Kier molecular flexibility index (Phi) is 2.64. The average Bonchev–Trinajstić information content (AvgIpc) is 2.10. The molecule has 1 aromatic heterocycles. The number of nitrogens with zero attached hydrogens (tertiary/aromatic N) is 1. The van der Waals surface area contributed by atoms with E-state index < -0.39 is 24.1 Å². The molecule has 0 fully saturated rings. The van der Waals surface area contributed by atoms with Gasteiger partial charge >= 0.3 is 5.69 Å². The molecule has 1 unspecified atom stereocenters. The lowest BCUT2D eigenvalue weighted by atomic mass is 10.4. The summed E-state index contributed by atoms with van der Waals surface area (Å²) in [6, 6.07) is 0. The van der Waals surface area contributed by atoms with Crippen LogP contribution in [0.5, 0.6) is 0 Å². The molecule has 0 amide bonds. The molecule has 0 saturated heterocycles. The van der Waals surface area contributed by atoms with Crippen molar-refractivity contribution in [1.29, 1.82) is 0 Å².